The van der Waals surface area contributed by atoms with Crippen LogP contribution in [0.5, 0.6) is 0 Å². The third-order valence-electron chi connectivity index (χ3n) is 2.22. The van der Waals surface area contributed by atoms with Crippen molar-refractivity contribution in [2.24, 2.45) is 7.05 Å². The number of carbonyl (C=O) groups excluding carboxylic acids is 1. The summed E-state index contributed by atoms with van der Waals surface area (Å²) in [6.07, 6.45) is 2.15. The first-order valence-electron chi connectivity index (χ1n) is 5.32. The SMILES string of the molecule is Cn1cnc(CCOC(=O)c2ccccc2)n1. The minimum absolute atomic E-state index is 0.289. The van der Waals surface area contributed by atoms with E-state index in [9.17, 15) is 4.79 Å². The van der Waals surface area contributed by atoms with E-state index in [1.807, 2.05) is 6.07 Å². The first kappa shape index (κ1) is 11.3. The third-order valence-corrected chi connectivity index (χ3v) is 2.22. The smallest absolute Gasteiger partial charge is 0.338 e. The molecule has 0 radical (unpaired) electrons. The molecular weight excluding hydrogens is 218 g/mol. The fourth-order valence-corrected chi connectivity index (χ4v) is 1.39. The van der Waals surface area contributed by atoms with E-state index in [0.29, 0.717) is 17.8 Å². The maximum atomic E-state index is 11.6. The average molecular weight is 231 g/mol. The maximum absolute atomic E-state index is 11.6. The Kier molecular flexibility index (Phi) is 3.49. The van der Waals surface area contributed by atoms with Gasteiger partial charge in [-0.3, -0.25) is 4.68 Å². The van der Waals surface area contributed by atoms with Crippen LogP contribution < -0.4 is 0 Å². The van der Waals surface area contributed by atoms with Gasteiger partial charge in [0.1, 0.15) is 6.33 Å². The highest BCUT2D eigenvalue weighted by atomic mass is 16.5. The summed E-state index contributed by atoms with van der Waals surface area (Å²) in [6, 6.07) is 8.91. The van der Waals surface area contributed by atoms with Crippen LogP contribution in [0.4, 0.5) is 0 Å². The van der Waals surface area contributed by atoms with Gasteiger partial charge in [0.25, 0.3) is 0 Å². The van der Waals surface area contributed by atoms with Gasteiger partial charge in [-0.05, 0) is 12.1 Å². The van der Waals surface area contributed by atoms with Crippen LogP contribution in [-0.4, -0.2) is 27.3 Å². The normalized spacial score (nSPS) is 10.2. The summed E-state index contributed by atoms with van der Waals surface area (Å²) in [5.74, 6) is 0.356. The van der Waals surface area contributed by atoms with Gasteiger partial charge in [-0.1, -0.05) is 18.2 Å². The van der Waals surface area contributed by atoms with Gasteiger partial charge in [0.05, 0.1) is 12.2 Å². The van der Waals surface area contributed by atoms with Gasteiger partial charge >= 0.3 is 5.97 Å². The van der Waals surface area contributed by atoms with E-state index in [2.05, 4.69) is 10.1 Å². The molecule has 0 aliphatic carbocycles. The minimum atomic E-state index is -0.318. The van der Waals surface area contributed by atoms with Gasteiger partial charge in [0, 0.05) is 13.5 Å². The van der Waals surface area contributed by atoms with Crippen molar-refractivity contribution in [1.29, 1.82) is 0 Å². The predicted molar refractivity (Wildman–Crippen MR) is 61.4 cm³/mol. The van der Waals surface area contributed by atoms with E-state index in [1.54, 1.807) is 42.3 Å². The fraction of sp³-hybridized carbons (Fsp3) is 0.250. The zero-order chi connectivity index (χ0) is 12.1. The molecule has 0 fully saturated rings. The monoisotopic (exact) mass is 231 g/mol. The van der Waals surface area contributed by atoms with Crippen molar-refractivity contribution < 1.29 is 9.53 Å². The van der Waals surface area contributed by atoms with Crippen LogP contribution in [0, 0.1) is 0 Å². The Bertz CT molecular complexity index is 493. The summed E-state index contributed by atoms with van der Waals surface area (Å²) in [5, 5.41) is 4.09. The topological polar surface area (TPSA) is 57.0 Å². The lowest BCUT2D eigenvalue weighted by Gasteiger charge is -2.02. The number of aromatic nitrogens is 3. The Hall–Kier alpha value is -2.17. The number of esters is 1. The van der Waals surface area contributed by atoms with Gasteiger partial charge in [0.2, 0.25) is 0 Å². The van der Waals surface area contributed by atoms with E-state index < -0.39 is 0 Å². The molecule has 0 N–H and O–H groups in total. The number of ether oxygens (including phenoxy) is 1. The number of nitrogens with zero attached hydrogens (tertiary/aromatic N) is 3. The Morgan fingerprint density at radius 3 is 2.76 bits per heavy atom. The van der Waals surface area contributed by atoms with Crippen LogP contribution in [0.1, 0.15) is 16.2 Å². The summed E-state index contributed by atoms with van der Waals surface area (Å²) >= 11 is 0. The minimum Gasteiger partial charge on any atom is -0.462 e. The number of benzene rings is 1. The van der Waals surface area contributed by atoms with Crippen LogP contribution in [0.2, 0.25) is 0 Å². The Labute approximate surface area is 99.1 Å². The van der Waals surface area contributed by atoms with Gasteiger partial charge in [-0.25, -0.2) is 9.78 Å². The highest BCUT2D eigenvalue weighted by molar-refractivity contribution is 5.89. The van der Waals surface area contributed by atoms with Crippen LogP contribution in [0.25, 0.3) is 0 Å². The standard InChI is InChI=1S/C12H13N3O2/c1-15-9-13-11(14-15)7-8-17-12(16)10-5-3-2-4-6-10/h2-6,9H,7-8H2,1H3. The lowest BCUT2D eigenvalue weighted by molar-refractivity contribution is 0.0507. The summed E-state index contributed by atoms with van der Waals surface area (Å²) in [4.78, 5) is 15.6. The van der Waals surface area contributed by atoms with E-state index >= 15 is 0 Å². The van der Waals surface area contributed by atoms with E-state index in [-0.39, 0.29) is 12.6 Å². The first-order chi connectivity index (χ1) is 8.25. The van der Waals surface area contributed by atoms with E-state index in [1.165, 1.54) is 0 Å². The molecule has 5 nitrogen and oxygen atoms in total. The molecule has 0 aliphatic rings. The molecule has 1 aromatic carbocycles. The summed E-state index contributed by atoms with van der Waals surface area (Å²) in [7, 11) is 1.80. The molecule has 0 amide bonds. The zero-order valence-electron chi connectivity index (χ0n) is 9.54. The molecule has 0 spiro atoms. The maximum Gasteiger partial charge on any atom is 0.338 e. The predicted octanol–water partition coefficient (Wildman–Crippen LogP) is 1.21. The molecule has 0 saturated carbocycles. The molecule has 17 heavy (non-hydrogen) atoms. The number of rotatable bonds is 4. The van der Waals surface area contributed by atoms with Crippen molar-refractivity contribution in [3.05, 3.63) is 48.0 Å². The van der Waals surface area contributed by atoms with Gasteiger partial charge in [-0.15, -0.1) is 0 Å². The van der Waals surface area contributed by atoms with Crippen molar-refractivity contribution >= 4 is 5.97 Å². The van der Waals surface area contributed by atoms with Gasteiger partial charge in [-0.2, -0.15) is 5.10 Å². The van der Waals surface area contributed by atoms with Gasteiger partial charge < -0.3 is 4.74 Å². The van der Waals surface area contributed by atoms with Crippen molar-refractivity contribution in [3.8, 4) is 0 Å². The molecule has 0 atom stereocenters. The lowest BCUT2D eigenvalue weighted by Crippen LogP contribution is -2.08. The second kappa shape index (κ2) is 5.25. The van der Waals surface area contributed by atoms with Crippen LogP contribution in [0.15, 0.2) is 36.7 Å². The largest absolute Gasteiger partial charge is 0.462 e. The molecule has 2 aromatic rings. The second-order valence-electron chi connectivity index (χ2n) is 3.59. The Morgan fingerprint density at radius 2 is 2.12 bits per heavy atom. The number of aryl methyl sites for hydroxylation is 1. The van der Waals surface area contributed by atoms with E-state index in [4.69, 9.17) is 4.74 Å². The number of carbonyl (C=O) groups is 1. The van der Waals surface area contributed by atoms with Crippen molar-refractivity contribution in [2.75, 3.05) is 6.61 Å². The van der Waals surface area contributed by atoms with Crippen molar-refractivity contribution in [1.82, 2.24) is 14.8 Å². The molecule has 2 rings (SSSR count). The lowest BCUT2D eigenvalue weighted by atomic mass is 10.2. The highest BCUT2D eigenvalue weighted by Crippen LogP contribution is 2.01. The Balaban J connectivity index is 1.81. The van der Waals surface area contributed by atoms with Crippen molar-refractivity contribution in [3.63, 3.8) is 0 Å². The summed E-state index contributed by atoms with van der Waals surface area (Å²) in [6.45, 7) is 0.289. The molecule has 0 bridgehead atoms. The number of hydrogen-bond acceptors (Lipinski definition) is 4. The molecule has 5 heteroatoms. The van der Waals surface area contributed by atoms with Crippen LogP contribution in [-0.2, 0) is 18.2 Å². The van der Waals surface area contributed by atoms with Gasteiger partial charge in [0.15, 0.2) is 5.82 Å². The average Bonchev–Trinajstić information content (AvgIpc) is 2.76. The van der Waals surface area contributed by atoms with Crippen molar-refractivity contribution in [2.45, 2.75) is 6.42 Å². The van der Waals surface area contributed by atoms with E-state index in [0.717, 1.165) is 0 Å². The highest BCUT2D eigenvalue weighted by Gasteiger charge is 2.06. The zero-order valence-corrected chi connectivity index (χ0v) is 9.54. The first-order valence-corrected chi connectivity index (χ1v) is 5.32. The van der Waals surface area contributed by atoms with Crippen LogP contribution in [0.3, 0.4) is 0 Å². The quantitative estimate of drug-likeness (QED) is 0.742. The molecule has 1 aromatic heterocycles. The summed E-state index contributed by atoms with van der Waals surface area (Å²) in [5.41, 5.74) is 0.557. The molecule has 0 unspecified atom stereocenters. The fourth-order valence-electron chi connectivity index (χ4n) is 1.39. The molecule has 0 aliphatic heterocycles. The molecule has 0 saturated heterocycles. The Morgan fingerprint density at radius 1 is 1.35 bits per heavy atom. The number of hydrogen-bond donors (Lipinski definition) is 0. The van der Waals surface area contributed by atoms with Crippen LogP contribution >= 0.6 is 0 Å². The third kappa shape index (κ3) is 3.14. The second-order valence-corrected chi connectivity index (χ2v) is 3.59. The molecule has 1 heterocycles. The summed E-state index contributed by atoms with van der Waals surface area (Å²) < 4.78 is 6.73. The molecule has 88 valence electrons. The molecular formula is C12H13N3O2.